The van der Waals surface area contributed by atoms with E-state index in [2.05, 4.69) is 21.2 Å². The fourth-order valence-corrected chi connectivity index (χ4v) is 3.74. The third-order valence-electron chi connectivity index (χ3n) is 4.53. The highest BCUT2D eigenvalue weighted by atomic mass is 79.9. The van der Waals surface area contributed by atoms with Crippen molar-refractivity contribution in [3.63, 3.8) is 0 Å². The Bertz CT molecular complexity index is 858. The zero-order chi connectivity index (χ0) is 20.3. The minimum atomic E-state index is -0.235. The third-order valence-corrected chi connectivity index (χ3v) is 5.31. The van der Waals surface area contributed by atoms with Gasteiger partial charge in [-0.25, -0.2) is 0 Å². The highest BCUT2D eigenvalue weighted by Gasteiger charge is 2.22. The van der Waals surface area contributed by atoms with Gasteiger partial charge in [-0.15, -0.1) is 0 Å². The standard InChI is InChI=1S/C21H24BrNO5/c1-5-27-16-7-13-6-12(2)28-17(13)10-15(16)11-23-21(24)14-8-18(25-3)20(22)19(9-14)26-4/h7-10,12H,5-6,11H2,1-4H3,(H,23,24)/t12-/m0/s1. The van der Waals surface area contributed by atoms with Crippen molar-refractivity contribution in [1.82, 2.24) is 5.32 Å². The summed E-state index contributed by atoms with van der Waals surface area (Å²) in [6.07, 6.45) is 1.01. The van der Waals surface area contributed by atoms with E-state index in [0.717, 1.165) is 29.0 Å². The number of hydrogen-bond donors (Lipinski definition) is 1. The van der Waals surface area contributed by atoms with Crippen molar-refractivity contribution >= 4 is 21.8 Å². The van der Waals surface area contributed by atoms with Gasteiger partial charge in [0.15, 0.2) is 0 Å². The number of ether oxygens (including phenoxy) is 4. The lowest BCUT2D eigenvalue weighted by Gasteiger charge is -2.14. The van der Waals surface area contributed by atoms with Gasteiger partial charge in [-0.1, -0.05) is 0 Å². The average Bonchev–Trinajstić information content (AvgIpc) is 3.05. The van der Waals surface area contributed by atoms with Crippen molar-refractivity contribution in [2.75, 3.05) is 20.8 Å². The first kappa shape index (κ1) is 20.3. The van der Waals surface area contributed by atoms with Crippen LogP contribution in [0.4, 0.5) is 0 Å². The van der Waals surface area contributed by atoms with Gasteiger partial charge in [0.1, 0.15) is 33.6 Å². The maximum atomic E-state index is 12.7. The Kier molecular flexibility index (Phi) is 6.34. The molecule has 3 rings (SSSR count). The maximum Gasteiger partial charge on any atom is 0.251 e. The summed E-state index contributed by atoms with van der Waals surface area (Å²) < 4.78 is 22.9. The lowest BCUT2D eigenvalue weighted by molar-refractivity contribution is 0.0949. The Labute approximate surface area is 173 Å². The van der Waals surface area contributed by atoms with E-state index >= 15 is 0 Å². The molecule has 0 fully saturated rings. The minimum absolute atomic E-state index is 0.150. The summed E-state index contributed by atoms with van der Waals surface area (Å²) in [5.41, 5.74) is 2.45. The van der Waals surface area contributed by atoms with Crippen LogP contribution in [0.1, 0.15) is 35.3 Å². The molecule has 0 unspecified atom stereocenters. The van der Waals surface area contributed by atoms with Crippen LogP contribution in [0.2, 0.25) is 0 Å². The number of carbonyl (C=O) groups is 1. The molecular weight excluding hydrogens is 426 g/mol. The normalized spacial score (nSPS) is 14.8. The van der Waals surface area contributed by atoms with Crippen molar-refractivity contribution in [2.45, 2.75) is 32.9 Å². The molecule has 2 aromatic carbocycles. The summed E-state index contributed by atoms with van der Waals surface area (Å²) in [7, 11) is 3.09. The van der Waals surface area contributed by atoms with Crippen LogP contribution in [0.5, 0.6) is 23.0 Å². The summed E-state index contributed by atoms with van der Waals surface area (Å²) in [6, 6.07) is 7.29. The second-order valence-electron chi connectivity index (χ2n) is 6.51. The third kappa shape index (κ3) is 4.19. The van der Waals surface area contributed by atoms with Crippen molar-refractivity contribution in [3.8, 4) is 23.0 Å². The summed E-state index contributed by atoms with van der Waals surface area (Å²) in [5, 5.41) is 2.94. The maximum absolute atomic E-state index is 12.7. The van der Waals surface area contributed by atoms with E-state index in [4.69, 9.17) is 18.9 Å². The van der Waals surface area contributed by atoms with E-state index in [0.29, 0.717) is 34.7 Å². The van der Waals surface area contributed by atoms with Gasteiger partial charge in [0.25, 0.3) is 5.91 Å². The van der Waals surface area contributed by atoms with Crippen molar-refractivity contribution in [3.05, 3.63) is 45.4 Å². The summed E-state index contributed by atoms with van der Waals surface area (Å²) >= 11 is 3.41. The lowest BCUT2D eigenvalue weighted by Crippen LogP contribution is -2.23. The van der Waals surface area contributed by atoms with Crippen LogP contribution < -0.4 is 24.3 Å². The minimum Gasteiger partial charge on any atom is -0.495 e. The topological polar surface area (TPSA) is 66.0 Å². The predicted molar refractivity (Wildman–Crippen MR) is 110 cm³/mol. The Hall–Kier alpha value is -2.41. The lowest BCUT2D eigenvalue weighted by atomic mass is 10.1. The summed E-state index contributed by atoms with van der Waals surface area (Å²) in [4.78, 5) is 12.7. The molecule has 28 heavy (non-hydrogen) atoms. The first-order valence-electron chi connectivity index (χ1n) is 9.11. The van der Waals surface area contributed by atoms with Crippen molar-refractivity contribution in [2.24, 2.45) is 0 Å². The molecule has 0 aromatic heterocycles. The SMILES string of the molecule is CCOc1cc2c(cc1CNC(=O)c1cc(OC)c(Br)c(OC)c1)O[C@@H](C)C2. The van der Waals surface area contributed by atoms with Gasteiger partial charge < -0.3 is 24.3 Å². The molecule has 0 bridgehead atoms. The van der Waals surface area contributed by atoms with Gasteiger partial charge in [-0.3, -0.25) is 4.79 Å². The van der Waals surface area contributed by atoms with E-state index in [9.17, 15) is 4.79 Å². The number of methoxy groups -OCH3 is 2. The molecule has 1 amide bonds. The number of halogens is 1. The van der Waals surface area contributed by atoms with Crippen LogP contribution in [-0.4, -0.2) is 32.8 Å². The number of rotatable bonds is 7. The highest BCUT2D eigenvalue weighted by molar-refractivity contribution is 9.10. The fraction of sp³-hybridized carbons (Fsp3) is 0.381. The zero-order valence-corrected chi connectivity index (χ0v) is 18.0. The molecule has 1 atom stereocenters. The predicted octanol–water partition coefficient (Wildman–Crippen LogP) is 4.12. The fourth-order valence-electron chi connectivity index (χ4n) is 3.19. The number of amides is 1. The van der Waals surface area contributed by atoms with Gasteiger partial charge in [0.2, 0.25) is 0 Å². The Morgan fingerprint density at radius 1 is 1.18 bits per heavy atom. The molecule has 0 spiro atoms. The molecule has 1 aliphatic rings. The largest absolute Gasteiger partial charge is 0.495 e. The number of fused-ring (bicyclic) bond motifs is 1. The molecule has 0 saturated heterocycles. The molecular formula is C21H24BrNO5. The van der Waals surface area contributed by atoms with E-state index in [-0.39, 0.29) is 12.0 Å². The first-order valence-corrected chi connectivity index (χ1v) is 9.91. The molecule has 0 radical (unpaired) electrons. The molecule has 1 aliphatic heterocycles. The molecule has 7 heteroatoms. The summed E-state index contributed by atoms with van der Waals surface area (Å²) in [5.74, 6) is 2.44. The van der Waals surface area contributed by atoms with Gasteiger partial charge in [-0.05, 0) is 54.0 Å². The number of benzene rings is 2. The second-order valence-corrected chi connectivity index (χ2v) is 7.30. The van der Waals surface area contributed by atoms with Crippen LogP contribution in [0.3, 0.4) is 0 Å². The quantitative estimate of drug-likeness (QED) is 0.688. The van der Waals surface area contributed by atoms with E-state index in [1.807, 2.05) is 26.0 Å². The zero-order valence-electron chi connectivity index (χ0n) is 16.4. The number of hydrogen-bond acceptors (Lipinski definition) is 5. The van der Waals surface area contributed by atoms with Gasteiger partial charge in [0, 0.05) is 29.7 Å². The molecule has 6 nitrogen and oxygen atoms in total. The molecule has 2 aromatic rings. The van der Waals surface area contributed by atoms with Gasteiger partial charge >= 0.3 is 0 Å². The molecule has 1 heterocycles. The van der Waals surface area contributed by atoms with Crippen molar-refractivity contribution in [1.29, 1.82) is 0 Å². The Morgan fingerprint density at radius 3 is 2.46 bits per heavy atom. The molecule has 0 saturated carbocycles. The van der Waals surface area contributed by atoms with Gasteiger partial charge in [-0.2, -0.15) is 0 Å². The van der Waals surface area contributed by atoms with E-state index in [1.54, 1.807) is 26.4 Å². The molecule has 150 valence electrons. The smallest absolute Gasteiger partial charge is 0.251 e. The molecule has 0 aliphatic carbocycles. The second kappa shape index (κ2) is 8.73. The first-order chi connectivity index (χ1) is 13.5. The highest BCUT2D eigenvalue weighted by Crippen LogP contribution is 2.36. The Balaban J connectivity index is 1.80. The average molecular weight is 450 g/mol. The van der Waals surface area contributed by atoms with Crippen LogP contribution in [-0.2, 0) is 13.0 Å². The van der Waals surface area contributed by atoms with Crippen LogP contribution in [0, 0.1) is 0 Å². The number of nitrogens with one attached hydrogen (secondary N) is 1. The monoisotopic (exact) mass is 449 g/mol. The van der Waals surface area contributed by atoms with E-state index < -0.39 is 0 Å². The Morgan fingerprint density at radius 2 is 1.86 bits per heavy atom. The summed E-state index contributed by atoms with van der Waals surface area (Å²) in [6.45, 7) is 4.85. The molecule has 1 N–H and O–H groups in total. The number of carbonyl (C=O) groups excluding carboxylic acids is 1. The van der Waals surface area contributed by atoms with Gasteiger partial charge in [0.05, 0.1) is 20.8 Å². The van der Waals surface area contributed by atoms with E-state index in [1.165, 1.54) is 0 Å². The van der Waals surface area contributed by atoms with Crippen molar-refractivity contribution < 1.29 is 23.7 Å². The van der Waals surface area contributed by atoms with Crippen LogP contribution in [0.25, 0.3) is 0 Å². The van der Waals surface area contributed by atoms with Crippen LogP contribution in [0.15, 0.2) is 28.7 Å². The van der Waals surface area contributed by atoms with Crippen LogP contribution >= 0.6 is 15.9 Å².